The average Bonchev–Trinajstić information content (AvgIpc) is 2.42. The third kappa shape index (κ3) is 5.64. The van der Waals surface area contributed by atoms with Crippen molar-refractivity contribution in [2.75, 3.05) is 13.2 Å². The first-order valence-electron chi connectivity index (χ1n) is 6.53. The number of ether oxygens (including phenoxy) is 3. The molecule has 114 valence electrons. The monoisotopic (exact) mass is 294 g/mol. The predicted octanol–water partition coefficient (Wildman–Crippen LogP) is 1.97. The van der Waals surface area contributed by atoms with Crippen molar-refractivity contribution >= 4 is 17.9 Å². The Morgan fingerprint density at radius 1 is 1.05 bits per heavy atom. The summed E-state index contributed by atoms with van der Waals surface area (Å²) in [6.45, 7) is 4.59. The molecule has 6 heteroatoms. The highest BCUT2D eigenvalue weighted by atomic mass is 16.6. The number of esters is 3. The van der Waals surface area contributed by atoms with Crippen LogP contribution in [0.15, 0.2) is 24.3 Å². The number of benzene rings is 1. The molecule has 0 aliphatic heterocycles. The normalized spacial score (nSPS) is 10.1. The molecule has 0 aromatic heterocycles. The Kier molecular flexibility index (Phi) is 6.39. The van der Waals surface area contributed by atoms with Gasteiger partial charge in [-0.25, -0.2) is 4.79 Å². The maximum atomic E-state index is 11.9. The maximum absolute atomic E-state index is 11.9. The summed E-state index contributed by atoms with van der Waals surface area (Å²) in [4.78, 5) is 34.0. The van der Waals surface area contributed by atoms with E-state index in [1.54, 1.807) is 26.0 Å². The first-order valence-corrected chi connectivity index (χ1v) is 6.53. The molecule has 1 aromatic carbocycles. The van der Waals surface area contributed by atoms with Crippen LogP contribution in [0.2, 0.25) is 0 Å². The number of rotatable bonds is 6. The van der Waals surface area contributed by atoms with E-state index in [1.165, 1.54) is 19.1 Å². The fourth-order valence-corrected chi connectivity index (χ4v) is 1.40. The molecule has 0 atom stereocenters. The smallest absolute Gasteiger partial charge is 0.342 e. The fraction of sp³-hybridized carbons (Fsp3) is 0.400. The third-order valence-electron chi connectivity index (χ3n) is 2.39. The highest BCUT2D eigenvalue weighted by Gasteiger charge is 2.15. The van der Waals surface area contributed by atoms with Gasteiger partial charge in [0, 0.05) is 6.92 Å². The minimum absolute atomic E-state index is 0.0154. The summed E-state index contributed by atoms with van der Waals surface area (Å²) in [5.41, 5.74) is 0.142. The molecule has 0 amide bonds. The Balaban J connectivity index is 2.52. The van der Waals surface area contributed by atoms with E-state index in [0.717, 1.165) is 0 Å². The standard InChI is InChI=1S/C15H18O6/c1-10(2)14(17)19-8-9-20-15(18)12-6-4-5-7-13(12)21-11(3)16/h4-7,10H,8-9H2,1-3H3. The second kappa shape index (κ2) is 8.04. The van der Waals surface area contributed by atoms with Crippen LogP contribution in [0, 0.1) is 5.92 Å². The van der Waals surface area contributed by atoms with Crippen molar-refractivity contribution in [3.8, 4) is 5.75 Å². The lowest BCUT2D eigenvalue weighted by atomic mass is 10.2. The average molecular weight is 294 g/mol. The van der Waals surface area contributed by atoms with E-state index in [-0.39, 0.29) is 36.4 Å². The first kappa shape index (κ1) is 16.7. The number of carbonyl (C=O) groups excluding carboxylic acids is 3. The number of carbonyl (C=O) groups is 3. The Morgan fingerprint density at radius 3 is 2.29 bits per heavy atom. The van der Waals surface area contributed by atoms with Crippen molar-refractivity contribution in [2.45, 2.75) is 20.8 Å². The van der Waals surface area contributed by atoms with Gasteiger partial charge in [0.15, 0.2) is 0 Å². The Bertz CT molecular complexity index is 521. The molecular weight excluding hydrogens is 276 g/mol. The van der Waals surface area contributed by atoms with E-state index in [1.807, 2.05) is 0 Å². The van der Waals surface area contributed by atoms with Gasteiger partial charge in [0.25, 0.3) is 0 Å². The molecule has 0 unspecified atom stereocenters. The van der Waals surface area contributed by atoms with E-state index in [9.17, 15) is 14.4 Å². The predicted molar refractivity (Wildman–Crippen MR) is 73.8 cm³/mol. The van der Waals surface area contributed by atoms with Gasteiger partial charge in [0.2, 0.25) is 0 Å². The van der Waals surface area contributed by atoms with Gasteiger partial charge < -0.3 is 14.2 Å². The zero-order chi connectivity index (χ0) is 15.8. The Hall–Kier alpha value is -2.37. The second-order valence-corrected chi connectivity index (χ2v) is 4.55. The van der Waals surface area contributed by atoms with Crippen molar-refractivity contribution in [3.05, 3.63) is 29.8 Å². The quantitative estimate of drug-likeness (QED) is 0.453. The molecule has 0 N–H and O–H groups in total. The van der Waals surface area contributed by atoms with Crippen molar-refractivity contribution in [3.63, 3.8) is 0 Å². The molecule has 0 bridgehead atoms. The van der Waals surface area contributed by atoms with Crippen LogP contribution < -0.4 is 4.74 Å². The van der Waals surface area contributed by atoms with Crippen LogP contribution in [0.4, 0.5) is 0 Å². The van der Waals surface area contributed by atoms with Crippen LogP contribution in [0.5, 0.6) is 5.75 Å². The minimum Gasteiger partial charge on any atom is -0.462 e. The van der Waals surface area contributed by atoms with Crippen LogP contribution in [0.3, 0.4) is 0 Å². The molecule has 0 radical (unpaired) electrons. The third-order valence-corrected chi connectivity index (χ3v) is 2.39. The second-order valence-electron chi connectivity index (χ2n) is 4.55. The molecule has 0 aliphatic rings. The van der Waals surface area contributed by atoms with E-state index in [0.29, 0.717) is 0 Å². The maximum Gasteiger partial charge on any atom is 0.342 e. The lowest BCUT2D eigenvalue weighted by Gasteiger charge is -2.10. The molecule has 1 rings (SSSR count). The Labute approximate surface area is 123 Å². The van der Waals surface area contributed by atoms with Crippen LogP contribution in [-0.4, -0.2) is 31.1 Å². The minimum atomic E-state index is -0.646. The van der Waals surface area contributed by atoms with Gasteiger partial charge in [-0.05, 0) is 12.1 Å². The van der Waals surface area contributed by atoms with Crippen LogP contribution in [0.1, 0.15) is 31.1 Å². The van der Waals surface area contributed by atoms with E-state index in [4.69, 9.17) is 14.2 Å². The van der Waals surface area contributed by atoms with Crippen molar-refractivity contribution < 1.29 is 28.6 Å². The van der Waals surface area contributed by atoms with Crippen molar-refractivity contribution in [1.82, 2.24) is 0 Å². The van der Waals surface area contributed by atoms with Gasteiger partial charge in [0.05, 0.1) is 5.92 Å². The topological polar surface area (TPSA) is 78.9 Å². The molecule has 1 aromatic rings. The van der Waals surface area contributed by atoms with Gasteiger partial charge in [0.1, 0.15) is 24.5 Å². The van der Waals surface area contributed by atoms with E-state index >= 15 is 0 Å². The highest BCUT2D eigenvalue weighted by Crippen LogP contribution is 2.19. The molecule has 0 aliphatic carbocycles. The lowest BCUT2D eigenvalue weighted by molar-refractivity contribution is -0.148. The molecule has 6 nitrogen and oxygen atoms in total. The van der Waals surface area contributed by atoms with Crippen LogP contribution in [0.25, 0.3) is 0 Å². The van der Waals surface area contributed by atoms with Gasteiger partial charge in [-0.1, -0.05) is 26.0 Å². The summed E-state index contributed by atoms with van der Waals surface area (Å²) in [5.74, 6) is -1.63. The Morgan fingerprint density at radius 2 is 1.67 bits per heavy atom. The summed E-state index contributed by atoms with van der Waals surface area (Å²) < 4.78 is 14.8. The van der Waals surface area contributed by atoms with Crippen molar-refractivity contribution in [2.24, 2.45) is 5.92 Å². The lowest BCUT2D eigenvalue weighted by Crippen LogP contribution is -2.17. The largest absolute Gasteiger partial charge is 0.462 e. The van der Waals surface area contributed by atoms with Gasteiger partial charge in [-0.3, -0.25) is 9.59 Å². The fourth-order valence-electron chi connectivity index (χ4n) is 1.40. The zero-order valence-electron chi connectivity index (χ0n) is 12.3. The highest BCUT2D eigenvalue weighted by molar-refractivity contribution is 5.93. The summed E-state index contributed by atoms with van der Waals surface area (Å²) in [6.07, 6.45) is 0. The first-order chi connectivity index (χ1) is 9.91. The SMILES string of the molecule is CC(=O)Oc1ccccc1C(=O)OCCOC(=O)C(C)C. The molecule has 0 saturated heterocycles. The van der Waals surface area contributed by atoms with E-state index < -0.39 is 11.9 Å². The van der Waals surface area contributed by atoms with E-state index in [2.05, 4.69) is 0 Å². The zero-order valence-corrected chi connectivity index (χ0v) is 12.3. The summed E-state index contributed by atoms with van der Waals surface area (Å²) in [7, 11) is 0. The molecule has 0 saturated carbocycles. The summed E-state index contributed by atoms with van der Waals surface area (Å²) in [6, 6.07) is 6.25. The number of hydrogen-bond donors (Lipinski definition) is 0. The molecule has 0 fully saturated rings. The molecule has 0 heterocycles. The van der Waals surface area contributed by atoms with Crippen LogP contribution in [-0.2, 0) is 19.1 Å². The van der Waals surface area contributed by atoms with Crippen molar-refractivity contribution in [1.29, 1.82) is 0 Å². The molecule has 21 heavy (non-hydrogen) atoms. The molecular formula is C15H18O6. The van der Waals surface area contributed by atoms with Crippen LogP contribution >= 0.6 is 0 Å². The van der Waals surface area contributed by atoms with Gasteiger partial charge in [-0.15, -0.1) is 0 Å². The number of para-hydroxylation sites is 1. The summed E-state index contributed by atoms with van der Waals surface area (Å²) >= 11 is 0. The summed E-state index contributed by atoms with van der Waals surface area (Å²) in [5, 5.41) is 0. The van der Waals surface area contributed by atoms with Gasteiger partial charge in [-0.2, -0.15) is 0 Å². The number of hydrogen-bond acceptors (Lipinski definition) is 6. The molecule has 0 spiro atoms. The van der Waals surface area contributed by atoms with Gasteiger partial charge >= 0.3 is 17.9 Å².